The molecular weight excluding hydrogens is 400 g/mol. The summed E-state index contributed by atoms with van der Waals surface area (Å²) in [7, 11) is 0. The minimum atomic E-state index is -1.07. The molecule has 2 aliphatic carbocycles. The normalized spacial score (nSPS) is 15.5. The van der Waals surface area contributed by atoms with E-state index in [0.29, 0.717) is 12.8 Å². The third kappa shape index (κ3) is 4.54. The van der Waals surface area contributed by atoms with Crippen LogP contribution in [-0.4, -0.2) is 55.0 Å². The standard InChI is InChI=1S/C23H24N2O6/c26-20(27)14-30-12-11-24-21(28)23(9-10-23)25-22(29)31-13-19-17-7-3-1-5-15(17)16-6-2-4-8-18(16)19/h1-8,19H,9-14H2,(H,24,28)(H,25,29)(H,26,27). The number of nitrogens with one attached hydrogen (secondary N) is 2. The maximum atomic E-state index is 12.4. The SMILES string of the molecule is O=C(O)COCCNC(=O)C1(NC(=O)OCC2c3ccccc3-c3ccccc32)CC1. The van der Waals surface area contributed by atoms with Gasteiger partial charge >= 0.3 is 12.1 Å². The fourth-order valence-corrected chi connectivity index (χ4v) is 3.93. The number of hydrogen-bond donors (Lipinski definition) is 3. The number of amides is 2. The number of alkyl carbamates (subject to hydrolysis) is 1. The van der Waals surface area contributed by atoms with E-state index in [1.54, 1.807) is 0 Å². The molecule has 3 N–H and O–H groups in total. The van der Waals surface area contributed by atoms with Crippen LogP contribution in [-0.2, 0) is 19.1 Å². The maximum absolute atomic E-state index is 12.4. The largest absolute Gasteiger partial charge is 0.480 e. The summed E-state index contributed by atoms with van der Waals surface area (Å²) in [5, 5.41) is 13.9. The predicted molar refractivity (Wildman–Crippen MR) is 112 cm³/mol. The van der Waals surface area contributed by atoms with Crippen LogP contribution >= 0.6 is 0 Å². The van der Waals surface area contributed by atoms with Gasteiger partial charge in [-0.2, -0.15) is 0 Å². The zero-order chi connectivity index (χ0) is 21.8. The molecule has 4 rings (SSSR count). The fourth-order valence-electron chi connectivity index (χ4n) is 3.93. The molecule has 2 aromatic carbocycles. The Kier molecular flexibility index (Phi) is 5.90. The number of carboxylic acid groups (broad SMARTS) is 1. The number of aliphatic carboxylic acids is 1. The van der Waals surface area contributed by atoms with Gasteiger partial charge in [-0.1, -0.05) is 48.5 Å². The van der Waals surface area contributed by atoms with Gasteiger partial charge < -0.3 is 25.2 Å². The summed E-state index contributed by atoms with van der Waals surface area (Å²) in [4.78, 5) is 35.2. The summed E-state index contributed by atoms with van der Waals surface area (Å²) < 4.78 is 10.4. The van der Waals surface area contributed by atoms with Crippen LogP contribution in [0.5, 0.6) is 0 Å². The lowest BCUT2D eigenvalue weighted by Gasteiger charge is -2.19. The highest BCUT2D eigenvalue weighted by atomic mass is 16.5. The molecule has 0 spiro atoms. The lowest BCUT2D eigenvalue weighted by atomic mass is 9.98. The van der Waals surface area contributed by atoms with E-state index in [1.807, 2.05) is 36.4 Å². The first kappa shape index (κ1) is 20.9. The first-order valence-electron chi connectivity index (χ1n) is 10.2. The maximum Gasteiger partial charge on any atom is 0.408 e. The minimum absolute atomic E-state index is 0.0477. The predicted octanol–water partition coefficient (Wildman–Crippen LogP) is 2.28. The molecule has 8 nitrogen and oxygen atoms in total. The molecule has 31 heavy (non-hydrogen) atoms. The highest BCUT2D eigenvalue weighted by Crippen LogP contribution is 2.44. The monoisotopic (exact) mass is 424 g/mol. The minimum Gasteiger partial charge on any atom is -0.480 e. The molecule has 0 saturated heterocycles. The molecule has 8 heteroatoms. The topological polar surface area (TPSA) is 114 Å². The summed E-state index contributed by atoms with van der Waals surface area (Å²) in [6.45, 7) is 0.0128. The second-order valence-corrected chi connectivity index (χ2v) is 7.73. The van der Waals surface area contributed by atoms with Gasteiger partial charge in [0.1, 0.15) is 18.8 Å². The summed E-state index contributed by atoms with van der Waals surface area (Å²) in [6.07, 6.45) is 0.425. The third-order valence-electron chi connectivity index (χ3n) is 5.63. The zero-order valence-corrected chi connectivity index (χ0v) is 16.9. The number of rotatable bonds is 9. The average Bonchev–Trinajstić information content (AvgIpc) is 3.47. The van der Waals surface area contributed by atoms with Crippen molar-refractivity contribution in [1.29, 1.82) is 0 Å². The Balaban J connectivity index is 1.30. The van der Waals surface area contributed by atoms with Crippen LogP contribution in [0.25, 0.3) is 11.1 Å². The Labute approximate surface area is 179 Å². The van der Waals surface area contributed by atoms with E-state index in [4.69, 9.17) is 14.6 Å². The Morgan fingerprint density at radius 2 is 1.61 bits per heavy atom. The van der Waals surface area contributed by atoms with E-state index in [2.05, 4.69) is 22.8 Å². The molecule has 0 bridgehead atoms. The van der Waals surface area contributed by atoms with Crippen molar-refractivity contribution in [2.75, 3.05) is 26.4 Å². The summed E-state index contributed by atoms with van der Waals surface area (Å²) in [6, 6.07) is 16.2. The van der Waals surface area contributed by atoms with Gasteiger partial charge in [-0.3, -0.25) is 4.79 Å². The Bertz CT molecular complexity index is 956. The van der Waals surface area contributed by atoms with Gasteiger partial charge in [0, 0.05) is 12.5 Å². The molecule has 0 radical (unpaired) electrons. The van der Waals surface area contributed by atoms with Gasteiger partial charge in [0.25, 0.3) is 0 Å². The fraction of sp³-hybridized carbons (Fsp3) is 0.348. The van der Waals surface area contributed by atoms with E-state index in [-0.39, 0.29) is 31.6 Å². The summed E-state index contributed by atoms with van der Waals surface area (Å²) in [5.41, 5.74) is 3.58. The zero-order valence-electron chi connectivity index (χ0n) is 16.9. The molecule has 2 aliphatic rings. The van der Waals surface area contributed by atoms with Gasteiger partial charge in [-0.25, -0.2) is 9.59 Å². The molecule has 1 saturated carbocycles. The Morgan fingerprint density at radius 1 is 1.00 bits per heavy atom. The lowest BCUT2D eigenvalue weighted by molar-refractivity contribution is -0.142. The van der Waals surface area contributed by atoms with Crippen molar-refractivity contribution in [3.05, 3.63) is 59.7 Å². The van der Waals surface area contributed by atoms with Gasteiger partial charge in [-0.15, -0.1) is 0 Å². The molecule has 0 aliphatic heterocycles. The van der Waals surface area contributed by atoms with Crippen LogP contribution in [0, 0.1) is 0 Å². The molecule has 0 atom stereocenters. The molecule has 162 valence electrons. The summed E-state index contributed by atoms with van der Waals surface area (Å²) in [5.74, 6) is -1.43. The van der Waals surface area contributed by atoms with Crippen molar-refractivity contribution < 1.29 is 29.0 Å². The van der Waals surface area contributed by atoms with E-state index in [9.17, 15) is 14.4 Å². The highest BCUT2D eigenvalue weighted by Gasteiger charge is 2.51. The van der Waals surface area contributed by atoms with Crippen molar-refractivity contribution in [3.8, 4) is 11.1 Å². The van der Waals surface area contributed by atoms with Crippen molar-refractivity contribution in [2.24, 2.45) is 0 Å². The molecule has 2 aromatic rings. The van der Waals surface area contributed by atoms with E-state index in [0.717, 1.165) is 22.3 Å². The van der Waals surface area contributed by atoms with Crippen LogP contribution < -0.4 is 10.6 Å². The number of carbonyl (C=O) groups is 3. The quantitative estimate of drug-likeness (QED) is 0.532. The number of carbonyl (C=O) groups excluding carboxylic acids is 2. The van der Waals surface area contributed by atoms with Crippen molar-refractivity contribution in [2.45, 2.75) is 24.3 Å². The van der Waals surface area contributed by atoms with Crippen LogP contribution in [0.15, 0.2) is 48.5 Å². The van der Waals surface area contributed by atoms with Crippen LogP contribution in [0.1, 0.15) is 29.9 Å². The number of fused-ring (bicyclic) bond motifs is 3. The number of benzene rings is 2. The smallest absolute Gasteiger partial charge is 0.408 e. The molecule has 0 aromatic heterocycles. The van der Waals surface area contributed by atoms with Gasteiger partial charge in [0.05, 0.1) is 6.61 Å². The van der Waals surface area contributed by atoms with Crippen LogP contribution in [0.4, 0.5) is 4.79 Å². The Hall–Kier alpha value is -3.39. The molecular formula is C23H24N2O6. The third-order valence-corrected chi connectivity index (χ3v) is 5.63. The molecule has 2 amide bonds. The van der Waals surface area contributed by atoms with Crippen LogP contribution in [0.2, 0.25) is 0 Å². The first-order valence-corrected chi connectivity index (χ1v) is 10.2. The molecule has 0 heterocycles. The first-order chi connectivity index (χ1) is 15.0. The lowest BCUT2D eigenvalue weighted by Crippen LogP contribution is -2.50. The second kappa shape index (κ2) is 8.77. The highest BCUT2D eigenvalue weighted by molar-refractivity contribution is 5.92. The number of ether oxygens (including phenoxy) is 2. The number of carboxylic acids is 1. The molecule has 0 unspecified atom stereocenters. The van der Waals surface area contributed by atoms with Crippen molar-refractivity contribution in [1.82, 2.24) is 10.6 Å². The second-order valence-electron chi connectivity index (χ2n) is 7.73. The van der Waals surface area contributed by atoms with Gasteiger partial charge in [0.2, 0.25) is 5.91 Å². The van der Waals surface area contributed by atoms with Crippen LogP contribution in [0.3, 0.4) is 0 Å². The Morgan fingerprint density at radius 3 is 2.19 bits per heavy atom. The summed E-state index contributed by atoms with van der Waals surface area (Å²) >= 11 is 0. The van der Waals surface area contributed by atoms with Crippen molar-refractivity contribution in [3.63, 3.8) is 0 Å². The number of hydrogen-bond acceptors (Lipinski definition) is 5. The average molecular weight is 424 g/mol. The van der Waals surface area contributed by atoms with E-state index in [1.165, 1.54) is 0 Å². The van der Waals surface area contributed by atoms with E-state index >= 15 is 0 Å². The van der Waals surface area contributed by atoms with Gasteiger partial charge in [-0.05, 0) is 35.1 Å². The van der Waals surface area contributed by atoms with Gasteiger partial charge in [0.15, 0.2) is 0 Å². The van der Waals surface area contributed by atoms with Crippen molar-refractivity contribution >= 4 is 18.0 Å². The van der Waals surface area contributed by atoms with E-state index < -0.39 is 24.2 Å². The molecule has 1 fully saturated rings.